The molecule has 0 radical (unpaired) electrons. The Balaban J connectivity index is 2.37. The average molecular weight is 335 g/mol. The first-order valence-electron chi connectivity index (χ1n) is 4.84. The summed E-state index contributed by atoms with van der Waals surface area (Å²) in [5.41, 5.74) is 0.841. The molecule has 1 N–H and O–H groups in total. The number of amides is 1. The Hall–Kier alpha value is -0.350. The normalized spacial score (nSPS) is 10.0. The zero-order valence-electron chi connectivity index (χ0n) is 8.30. The predicted octanol–water partition coefficient (Wildman–Crippen LogP) is 3.95. The van der Waals surface area contributed by atoms with Crippen molar-refractivity contribution in [1.82, 2.24) is 0 Å². The Morgan fingerprint density at radius 1 is 1.33 bits per heavy atom. The Morgan fingerprint density at radius 2 is 2.13 bits per heavy atom. The van der Waals surface area contributed by atoms with Crippen LogP contribution in [-0.2, 0) is 4.79 Å². The van der Waals surface area contributed by atoms with Crippen LogP contribution in [0.4, 0.5) is 5.69 Å². The van der Waals surface area contributed by atoms with Crippen LogP contribution >= 0.6 is 31.9 Å². The molecule has 0 atom stereocenters. The van der Waals surface area contributed by atoms with Crippen LogP contribution in [-0.4, -0.2) is 11.2 Å². The van der Waals surface area contributed by atoms with Crippen molar-refractivity contribution < 1.29 is 4.79 Å². The number of rotatable bonds is 5. The number of anilines is 1. The summed E-state index contributed by atoms with van der Waals surface area (Å²) in [6, 6.07) is 7.61. The van der Waals surface area contributed by atoms with Gasteiger partial charge in [-0.3, -0.25) is 4.79 Å². The van der Waals surface area contributed by atoms with Gasteiger partial charge in [-0.25, -0.2) is 0 Å². The Kier molecular flexibility index (Phi) is 5.95. The number of carbonyl (C=O) groups is 1. The lowest BCUT2D eigenvalue weighted by Crippen LogP contribution is -2.10. The maximum atomic E-state index is 11.5. The van der Waals surface area contributed by atoms with Gasteiger partial charge in [0, 0.05) is 21.9 Å². The van der Waals surface area contributed by atoms with Crippen LogP contribution in [0.5, 0.6) is 0 Å². The monoisotopic (exact) mass is 333 g/mol. The number of carbonyl (C=O) groups excluding carboxylic acids is 1. The van der Waals surface area contributed by atoms with Crippen molar-refractivity contribution in [3.63, 3.8) is 0 Å². The SMILES string of the molecule is O=C(CCCCBr)Nc1cccc(Br)c1. The summed E-state index contributed by atoms with van der Waals surface area (Å²) < 4.78 is 0.973. The van der Waals surface area contributed by atoms with Crippen molar-refractivity contribution >= 4 is 43.5 Å². The number of halogens is 2. The molecule has 0 heterocycles. The molecule has 1 aromatic rings. The van der Waals surface area contributed by atoms with Gasteiger partial charge in [0.05, 0.1) is 0 Å². The van der Waals surface area contributed by atoms with E-state index >= 15 is 0 Å². The Bertz CT molecular complexity index is 328. The minimum atomic E-state index is 0.0778. The number of alkyl halides is 1. The lowest BCUT2D eigenvalue weighted by Gasteiger charge is -2.04. The number of hydrogen-bond acceptors (Lipinski definition) is 1. The van der Waals surface area contributed by atoms with Gasteiger partial charge in [0.2, 0.25) is 5.91 Å². The van der Waals surface area contributed by atoms with Gasteiger partial charge in [0.1, 0.15) is 0 Å². The molecule has 1 amide bonds. The standard InChI is InChI=1S/C11H13Br2NO/c12-7-2-1-6-11(15)14-10-5-3-4-9(13)8-10/h3-5,8H,1-2,6-7H2,(H,14,15). The molecule has 2 nitrogen and oxygen atoms in total. The van der Waals surface area contributed by atoms with E-state index < -0.39 is 0 Å². The van der Waals surface area contributed by atoms with Crippen molar-refractivity contribution in [3.05, 3.63) is 28.7 Å². The fraction of sp³-hybridized carbons (Fsp3) is 0.364. The van der Waals surface area contributed by atoms with Gasteiger partial charge in [0.15, 0.2) is 0 Å². The minimum Gasteiger partial charge on any atom is -0.326 e. The van der Waals surface area contributed by atoms with Crippen molar-refractivity contribution in [3.8, 4) is 0 Å². The smallest absolute Gasteiger partial charge is 0.224 e. The van der Waals surface area contributed by atoms with Crippen LogP contribution in [0.15, 0.2) is 28.7 Å². The van der Waals surface area contributed by atoms with E-state index in [1.54, 1.807) is 0 Å². The zero-order chi connectivity index (χ0) is 11.1. The van der Waals surface area contributed by atoms with Crippen LogP contribution < -0.4 is 5.32 Å². The van der Waals surface area contributed by atoms with E-state index in [4.69, 9.17) is 0 Å². The molecule has 0 aliphatic rings. The summed E-state index contributed by atoms with van der Waals surface area (Å²) in [6.07, 6.45) is 2.54. The van der Waals surface area contributed by atoms with Crippen molar-refractivity contribution in [2.24, 2.45) is 0 Å². The molecule has 0 spiro atoms. The van der Waals surface area contributed by atoms with Gasteiger partial charge in [-0.05, 0) is 31.0 Å². The highest BCUT2D eigenvalue weighted by Crippen LogP contribution is 2.15. The minimum absolute atomic E-state index is 0.0778. The van der Waals surface area contributed by atoms with Crippen molar-refractivity contribution in [2.75, 3.05) is 10.6 Å². The quantitative estimate of drug-likeness (QED) is 0.641. The third kappa shape index (κ3) is 5.33. The van der Waals surface area contributed by atoms with Crippen molar-refractivity contribution in [2.45, 2.75) is 19.3 Å². The van der Waals surface area contributed by atoms with Gasteiger partial charge in [-0.1, -0.05) is 37.9 Å². The summed E-state index contributed by atoms with van der Waals surface area (Å²) in [5, 5.41) is 3.81. The molecule has 0 fully saturated rings. The number of nitrogens with one attached hydrogen (secondary N) is 1. The first-order chi connectivity index (χ1) is 7.22. The molecule has 82 valence electrons. The molecule has 0 saturated carbocycles. The summed E-state index contributed by atoms with van der Waals surface area (Å²) in [6.45, 7) is 0. The fourth-order valence-corrected chi connectivity index (χ4v) is 1.97. The number of benzene rings is 1. The highest BCUT2D eigenvalue weighted by atomic mass is 79.9. The largest absolute Gasteiger partial charge is 0.326 e. The second-order valence-corrected chi connectivity index (χ2v) is 4.91. The molecule has 4 heteroatoms. The molecule has 0 saturated heterocycles. The molecule has 0 aliphatic carbocycles. The second kappa shape index (κ2) is 7.01. The second-order valence-electron chi connectivity index (χ2n) is 3.20. The fourth-order valence-electron chi connectivity index (χ4n) is 1.17. The highest BCUT2D eigenvalue weighted by Gasteiger charge is 2.01. The summed E-state index contributed by atoms with van der Waals surface area (Å²) >= 11 is 6.70. The molecule has 0 aromatic heterocycles. The zero-order valence-corrected chi connectivity index (χ0v) is 11.5. The summed E-state index contributed by atoms with van der Waals surface area (Å²) in [5.74, 6) is 0.0778. The van der Waals surface area contributed by atoms with E-state index in [0.29, 0.717) is 6.42 Å². The Labute approximate surface area is 107 Å². The highest BCUT2D eigenvalue weighted by molar-refractivity contribution is 9.10. The third-order valence-electron chi connectivity index (χ3n) is 1.90. The Morgan fingerprint density at radius 3 is 2.80 bits per heavy atom. The van der Waals surface area contributed by atoms with Crippen LogP contribution in [0.1, 0.15) is 19.3 Å². The summed E-state index contributed by atoms with van der Waals surface area (Å²) in [4.78, 5) is 11.5. The number of hydrogen-bond donors (Lipinski definition) is 1. The van der Waals surface area contributed by atoms with E-state index in [2.05, 4.69) is 37.2 Å². The molecule has 0 unspecified atom stereocenters. The van der Waals surface area contributed by atoms with E-state index in [1.807, 2.05) is 24.3 Å². The van der Waals surface area contributed by atoms with E-state index in [9.17, 15) is 4.79 Å². The third-order valence-corrected chi connectivity index (χ3v) is 2.95. The molecular weight excluding hydrogens is 322 g/mol. The molecule has 1 rings (SSSR count). The number of unbranched alkanes of at least 4 members (excludes halogenated alkanes) is 1. The van der Waals surface area contributed by atoms with Crippen LogP contribution in [0.3, 0.4) is 0 Å². The van der Waals surface area contributed by atoms with Gasteiger partial charge in [-0.2, -0.15) is 0 Å². The molecule has 15 heavy (non-hydrogen) atoms. The molecule has 0 bridgehead atoms. The van der Waals surface area contributed by atoms with Crippen LogP contribution in [0, 0.1) is 0 Å². The lowest BCUT2D eigenvalue weighted by molar-refractivity contribution is -0.116. The molecule has 1 aromatic carbocycles. The van der Waals surface area contributed by atoms with E-state index in [0.717, 1.165) is 28.3 Å². The molecular formula is C11H13Br2NO. The van der Waals surface area contributed by atoms with E-state index in [1.165, 1.54) is 0 Å². The molecule has 0 aliphatic heterocycles. The van der Waals surface area contributed by atoms with Crippen LogP contribution in [0.2, 0.25) is 0 Å². The summed E-state index contributed by atoms with van der Waals surface area (Å²) in [7, 11) is 0. The van der Waals surface area contributed by atoms with E-state index in [-0.39, 0.29) is 5.91 Å². The first kappa shape index (κ1) is 12.7. The van der Waals surface area contributed by atoms with Gasteiger partial charge < -0.3 is 5.32 Å². The maximum Gasteiger partial charge on any atom is 0.224 e. The van der Waals surface area contributed by atoms with Crippen LogP contribution in [0.25, 0.3) is 0 Å². The van der Waals surface area contributed by atoms with Crippen molar-refractivity contribution in [1.29, 1.82) is 0 Å². The lowest BCUT2D eigenvalue weighted by atomic mass is 10.2. The maximum absolute atomic E-state index is 11.5. The van der Waals surface area contributed by atoms with Gasteiger partial charge >= 0.3 is 0 Å². The van der Waals surface area contributed by atoms with Gasteiger partial charge in [0.25, 0.3) is 0 Å². The van der Waals surface area contributed by atoms with Gasteiger partial charge in [-0.15, -0.1) is 0 Å². The first-order valence-corrected chi connectivity index (χ1v) is 6.75. The topological polar surface area (TPSA) is 29.1 Å². The predicted molar refractivity (Wildman–Crippen MR) is 70.4 cm³/mol. The average Bonchev–Trinajstić information content (AvgIpc) is 2.18.